The van der Waals surface area contributed by atoms with E-state index >= 15 is 0 Å². The first kappa shape index (κ1) is 21.7. The maximum atomic E-state index is 12.7. The molecule has 0 saturated heterocycles. The first-order valence-corrected chi connectivity index (χ1v) is 8.92. The van der Waals surface area contributed by atoms with Gasteiger partial charge in [-0.3, -0.25) is 19.2 Å². The van der Waals surface area contributed by atoms with Gasteiger partial charge in [-0.25, -0.2) is 10.4 Å². The molecule has 1 aliphatic rings. The number of hydroxylamine groups is 2. The van der Waals surface area contributed by atoms with Crippen molar-refractivity contribution in [3.63, 3.8) is 0 Å². The highest BCUT2D eigenvalue weighted by Crippen LogP contribution is 2.38. The average molecular weight is 392 g/mol. The van der Waals surface area contributed by atoms with Gasteiger partial charge in [0.15, 0.2) is 6.04 Å². The van der Waals surface area contributed by atoms with E-state index < -0.39 is 58.9 Å². The fourth-order valence-corrected chi connectivity index (χ4v) is 3.86. The van der Waals surface area contributed by atoms with E-state index in [9.17, 15) is 29.6 Å². The normalized spacial score (nSPS) is 23.9. The number of carboxylic acids is 1. The Morgan fingerprint density at radius 3 is 2.54 bits per heavy atom. The lowest BCUT2D eigenvalue weighted by Crippen LogP contribution is -3.11. The number of amides is 1. The summed E-state index contributed by atoms with van der Waals surface area (Å²) < 4.78 is 0. The van der Waals surface area contributed by atoms with Gasteiger partial charge in [0, 0.05) is 23.9 Å². The number of aliphatic carboxylic acids is 1. The number of hydrogen-bond donors (Lipinski definition) is 4. The summed E-state index contributed by atoms with van der Waals surface area (Å²) >= 11 is 0. The topological polar surface area (TPSA) is 148 Å². The predicted molar refractivity (Wildman–Crippen MR) is 97.5 cm³/mol. The molecule has 0 bridgehead atoms. The number of carbonyl (C=O) groups excluding carboxylic acids is 3. The Morgan fingerprint density at radius 2 is 1.96 bits per heavy atom. The van der Waals surface area contributed by atoms with Gasteiger partial charge < -0.3 is 15.6 Å². The van der Waals surface area contributed by atoms with Gasteiger partial charge in [-0.1, -0.05) is 19.1 Å². The van der Waals surface area contributed by atoms with Gasteiger partial charge in [0.25, 0.3) is 11.7 Å². The summed E-state index contributed by atoms with van der Waals surface area (Å²) in [4.78, 5) is 48.4. The molecule has 0 aromatic heterocycles. The largest absolute Gasteiger partial charge is 0.599 e. The minimum Gasteiger partial charge on any atom is -0.599 e. The monoisotopic (exact) mass is 392 g/mol. The summed E-state index contributed by atoms with van der Waals surface area (Å²) in [5.74, 6) is -6.60. The molecule has 1 aromatic rings. The van der Waals surface area contributed by atoms with Gasteiger partial charge in [0.05, 0.1) is 6.42 Å². The second-order valence-electron chi connectivity index (χ2n) is 7.38. The first-order chi connectivity index (χ1) is 13.0. The Morgan fingerprint density at radius 1 is 1.32 bits per heavy atom. The van der Waals surface area contributed by atoms with Crippen molar-refractivity contribution in [1.82, 2.24) is 0 Å². The van der Waals surface area contributed by atoms with Crippen molar-refractivity contribution in [2.45, 2.75) is 39.7 Å². The Labute approximate surface area is 161 Å². The third kappa shape index (κ3) is 4.61. The van der Waals surface area contributed by atoms with Crippen molar-refractivity contribution >= 4 is 29.1 Å². The summed E-state index contributed by atoms with van der Waals surface area (Å²) in [5, 5.41) is 31.4. The van der Waals surface area contributed by atoms with E-state index in [2.05, 4.69) is 5.32 Å². The molecule has 152 valence electrons. The fourth-order valence-electron chi connectivity index (χ4n) is 3.86. The number of rotatable bonds is 7. The summed E-state index contributed by atoms with van der Waals surface area (Å²) in [7, 11) is 0. The van der Waals surface area contributed by atoms with E-state index in [1.807, 2.05) is 6.07 Å². The molecule has 5 unspecified atom stereocenters. The van der Waals surface area contributed by atoms with Crippen LogP contribution < -0.4 is 10.5 Å². The number of anilines is 1. The van der Waals surface area contributed by atoms with Crippen molar-refractivity contribution in [1.29, 1.82) is 0 Å². The molecule has 9 heteroatoms. The van der Waals surface area contributed by atoms with Crippen LogP contribution in [-0.2, 0) is 19.2 Å². The summed E-state index contributed by atoms with van der Waals surface area (Å²) in [6, 6.07) is 3.46. The minimum atomic E-state index is -1.78. The van der Waals surface area contributed by atoms with E-state index in [-0.39, 0.29) is 6.42 Å². The van der Waals surface area contributed by atoms with Gasteiger partial charge in [-0.2, -0.15) is 0 Å². The maximum absolute atomic E-state index is 12.7. The molecule has 0 spiro atoms. The molecular formula is C19H24N2O7. The zero-order valence-electron chi connectivity index (χ0n) is 15.9. The van der Waals surface area contributed by atoms with Gasteiger partial charge in [-0.05, 0) is 37.0 Å². The highest BCUT2D eigenvalue weighted by atomic mass is 16.8. The maximum Gasteiger partial charge on any atom is 0.304 e. The van der Waals surface area contributed by atoms with Gasteiger partial charge in [0.2, 0.25) is 0 Å². The smallest absolute Gasteiger partial charge is 0.304 e. The van der Waals surface area contributed by atoms with Crippen molar-refractivity contribution < 1.29 is 34.7 Å². The third-order valence-corrected chi connectivity index (χ3v) is 5.25. The number of benzene rings is 1. The van der Waals surface area contributed by atoms with Crippen LogP contribution >= 0.6 is 0 Å². The van der Waals surface area contributed by atoms with Crippen molar-refractivity contribution in [2.24, 2.45) is 17.8 Å². The number of Topliss-reactive ketones (excluding diaryl/α,β-unsaturated/α-hetero) is 2. The second kappa shape index (κ2) is 8.59. The lowest BCUT2D eigenvalue weighted by molar-refractivity contribution is -1.06. The number of ketones is 2. The number of hydrogen-bond acceptors (Lipinski definition) is 6. The minimum absolute atomic E-state index is 0.0156. The molecule has 4 N–H and O–H groups in total. The van der Waals surface area contributed by atoms with Crippen LogP contribution in [-0.4, -0.2) is 39.8 Å². The molecule has 2 rings (SSSR count). The first-order valence-electron chi connectivity index (χ1n) is 8.92. The van der Waals surface area contributed by atoms with E-state index in [1.165, 1.54) is 0 Å². The van der Waals surface area contributed by atoms with Crippen molar-refractivity contribution in [3.8, 4) is 0 Å². The number of carboxylic acid groups (broad SMARTS) is 1. The fraction of sp³-hybridized carbons (Fsp3) is 0.474. The van der Waals surface area contributed by atoms with Crippen LogP contribution in [0.15, 0.2) is 18.2 Å². The van der Waals surface area contributed by atoms with Crippen molar-refractivity contribution in [2.75, 3.05) is 5.32 Å². The standard InChI is InChI=1S/C19H24N2O7/c1-9-4-5-10(2)13(6-9)20-19(26)18(25)17(21(27)28)16-11(3)7-14(22)12(16)8-15(23)24/h4-6,11-12,16-17,21,27H,7-8H2,1-3H3,(H,20,26)(H,23,24). The number of nitrogens with one attached hydrogen (secondary N) is 2. The summed E-state index contributed by atoms with van der Waals surface area (Å²) in [5.41, 5.74) is 1.94. The number of carbonyl (C=O) groups is 4. The van der Waals surface area contributed by atoms with Gasteiger partial charge in [-0.15, -0.1) is 0 Å². The Hall–Kier alpha value is -2.62. The molecular weight excluding hydrogens is 368 g/mol. The van der Waals surface area contributed by atoms with Gasteiger partial charge in [0.1, 0.15) is 5.78 Å². The molecule has 1 amide bonds. The average Bonchev–Trinajstić information content (AvgIpc) is 2.84. The van der Waals surface area contributed by atoms with Crippen LogP contribution in [0.4, 0.5) is 5.69 Å². The van der Waals surface area contributed by atoms with E-state index in [0.717, 1.165) is 5.56 Å². The molecule has 0 heterocycles. The van der Waals surface area contributed by atoms with Crippen LogP contribution in [0.5, 0.6) is 0 Å². The SMILES string of the molecule is Cc1ccc(C)c(NC(=O)C(=O)C(C2C(C)CC(=O)C2CC(=O)O)[NH+]([O-])O)c1. The van der Waals surface area contributed by atoms with E-state index in [1.54, 1.807) is 32.9 Å². The molecule has 1 fully saturated rings. The molecule has 5 atom stereocenters. The lowest BCUT2D eigenvalue weighted by atomic mass is 9.80. The molecule has 1 saturated carbocycles. The third-order valence-electron chi connectivity index (χ3n) is 5.25. The highest BCUT2D eigenvalue weighted by Gasteiger charge is 2.51. The van der Waals surface area contributed by atoms with E-state index in [0.29, 0.717) is 11.3 Å². The number of quaternary nitrogens is 1. The van der Waals surface area contributed by atoms with E-state index in [4.69, 9.17) is 5.11 Å². The summed E-state index contributed by atoms with van der Waals surface area (Å²) in [6.45, 7) is 5.13. The van der Waals surface area contributed by atoms with Crippen LogP contribution in [0, 0.1) is 36.8 Å². The molecule has 0 radical (unpaired) electrons. The lowest BCUT2D eigenvalue weighted by Gasteiger charge is -2.31. The van der Waals surface area contributed by atoms with Gasteiger partial charge >= 0.3 is 5.97 Å². The summed E-state index contributed by atoms with van der Waals surface area (Å²) in [6.07, 6.45) is -0.582. The van der Waals surface area contributed by atoms with Crippen LogP contribution in [0.1, 0.15) is 30.9 Å². The number of aryl methyl sites for hydroxylation is 2. The Balaban J connectivity index is 2.30. The van der Waals surface area contributed by atoms with Crippen molar-refractivity contribution in [3.05, 3.63) is 34.5 Å². The molecule has 1 aromatic carbocycles. The Bertz CT molecular complexity index is 805. The van der Waals surface area contributed by atoms with Crippen LogP contribution in [0.2, 0.25) is 0 Å². The predicted octanol–water partition coefficient (Wildman–Crippen LogP) is 0.268. The van der Waals surface area contributed by atoms with Crippen LogP contribution in [0.25, 0.3) is 0 Å². The quantitative estimate of drug-likeness (QED) is 0.384. The molecule has 0 aliphatic heterocycles. The zero-order valence-corrected chi connectivity index (χ0v) is 15.9. The molecule has 9 nitrogen and oxygen atoms in total. The Kier molecular flexibility index (Phi) is 6.65. The highest BCUT2D eigenvalue weighted by molar-refractivity contribution is 6.42. The molecule has 1 aliphatic carbocycles. The second-order valence-corrected chi connectivity index (χ2v) is 7.38. The zero-order chi connectivity index (χ0) is 21.2. The molecule has 28 heavy (non-hydrogen) atoms. The van der Waals surface area contributed by atoms with Crippen LogP contribution in [0.3, 0.4) is 0 Å².